The van der Waals surface area contributed by atoms with Crippen LogP contribution >= 0.6 is 11.6 Å². The third-order valence-electron chi connectivity index (χ3n) is 3.91. The molecule has 0 aliphatic carbocycles. The molecule has 0 amide bonds. The number of benzene rings is 3. The zero-order valence-electron chi connectivity index (χ0n) is 14.1. The van der Waals surface area contributed by atoms with Gasteiger partial charge in [0.1, 0.15) is 5.82 Å². The van der Waals surface area contributed by atoms with E-state index in [0.29, 0.717) is 5.02 Å². The summed E-state index contributed by atoms with van der Waals surface area (Å²) in [6, 6.07) is 19.0. The van der Waals surface area contributed by atoms with Crippen molar-refractivity contribution in [1.29, 1.82) is 0 Å². The van der Waals surface area contributed by atoms with Crippen molar-refractivity contribution in [2.24, 2.45) is 0 Å². The molecular formula is C20H17ClFNO2S. The molecule has 0 N–H and O–H groups in total. The summed E-state index contributed by atoms with van der Waals surface area (Å²) in [6.07, 6.45) is 0. The Morgan fingerprint density at radius 1 is 0.962 bits per heavy atom. The molecule has 0 bridgehead atoms. The molecule has 0 aliphatic heterocycles. The monoisotopic (exact) mass is 389 g/mol. The first-order valence-electron chi connectivity index (χ1n) is 7.96. The molecule has 0 fully saturated rings. The molecule has 3 aromatic rings. The van der Waals surface area contributed by atoms with Gasteiger partial charge in [-0.25, -0.2) is 12.8 Å². The summed E-state index contributed by atoms with van der Waals surface area (Å²) in [5, 5.41) is 0.444. The Hall–Kier alpha value is -2.37. The van der Waals surface area contributed by atoms with Gasteiger partial charge in [0.05, 0.1) is 17.1 Å². The van der Waals surface area contributed by atoms with E-state index >= 15 is 0 Å². The zero-order chi connectivity index (χ0) is 18.7. The van der Waals surface area contributed by atoms with Crippen molar-refractivity contribution in [3.05, 3.63) is 94.8 Å². The fraction of sp³-hybridized carbons (Fsp3) is 0.100. The summed E-state index contributed by atoms with van der Waals surface area (Å²) >= 11 is 5.87. The van der Waals surface area contributed by atoms with E-state index in [1.165, 1.54) is 46.8 Å². The normalized spacial score (nSPS) is 11.3. The van der Waals surface area contributed by atoms with Crippen molar-refractivity contribution in [2.45, 2.75) is 18.4 Å². The van der Waals surface area contributed by atoms with Crippen LogP contribution in [0.15, 0.2) is 77.7 Å². The minimum atomic E-state index is -3.89. The summed E-state index contributed by atoms with van der Waals surface area (Å²) in [5.41, 5.74) is 2.10. The molecule has 3 aromatic carbocycles. The highest BCUT2D eigenvalue weighted by atomic mass is 35.5. The van der Waals surface area contributed by atoms with Gasteiger partial charge in [-0.15, -0.1) is 0 Å². The minimum absolute atomic E-state index is 0.0933. The number of anilines is 1. The summed E-state index contributed by atoms with van der Waals surface area (Å²) in [7, 11) is -3.89. The smallest absolute Gasteiger partial charge is 0.262 e. The Kier molecular flexibility index (Phi) is 5.30. The van der Waals surface area contributed by atoms with Gasteiger partial charge in [-0.3, -0.25) is 4.31 Å². The van der Waals surface area contributed by atoms with Gasteiger partial charge in [0.15, 0.2) is 0 Å². The maximum atomic E-state index is 13.7. The second-order valence-electron chi connectivity index (χ2n) is 5.93. The molecule has 0 heterocycles. The van der Waals surface area contributed by atoms with Crippen LogP contribution in [-0.4, -0.2) is 8.42 Å². The van der Waals surface area contributed by atoms with Crippen molar-refractivity contribution < 1.29 is 12.8 Å². The quantitative estimate of drug-likeness (QED) is 0.602. The van der Waals surface area contributed by atoms with Crippen LogP contribution in [0.25, 0.3) is 0 Å². The van der Waals surface area contributed by atoms with Gasteiger partial charge in [-0.1, -0.05) is 47.5 Å². The topological polar surface area (TPSA) is 37.4 Å². The van der Waals surface area contributed by atoms with E-state index < -0.39 is 15.8 Å². The Labute approximate surface area is 157 Å². The Balaban J connectivity index is 2.09. The first-order chi connectivity index (χ1) is 12.4. The van der Waals surface area contributed by atoms with E-state index in [1.807, 2.05) is 31.2 Å². The first-order valence-corrected chi connectivity index (χ1v) is 9.77. The van der Waals surface area contributed by atoms with Crippen LogP contribution in [0.3, 0.4) is 0 Å². The van der Waals surface area contributed by atoms with Crippen LogP contribution in [0.5, 0.6) is 0 Å². The average molecular weight is 390 g/mol. The number of hydrogen-bond donors (Lipinski definition) is 0. The lowest BCUT2D eigenvalue weighted by Gasteiger charge is -2.25. The summed E-state index contributed by atoms with van der Waals surface area (Å²) in [5.74, 6) is -0.497. The largest absolute Gasteiger partial charge is 0.264 e. The lowest BCUT2D eigenvalue weighted by atomic mass is 10.1. The Bertz CT molecular complexity index is 1020. The van der Waals surface area contributed by atoms with Crippen molar-refractivity contribution >= 4 is 27.3 Å². The van der Waals surface area contributed by atoms with Crippen molar-refractivity contribution in [1.82, 2.24) is 0 Å². The molecule has 6 heteroatoms. The van der Waals surface area contributed by atoms with E-state index in [1.54, 1.807) is 6.07 Å². The molecule has 26 heavy (non-hydrogen) atoms. The van der Waals surface area contributed by atoms with E-state index in [2.05, 4.69) is 0 Å². The van der Waals surface area contributed by atoms with Gasteiger partial charge >= 0.3 is 0 Å². The molecule has 0 aromatic heterocycles. The highest BCUT2D eigenvalue weighted by Gasteiger charge is 2.25. The molecule has 0 atom stereocenters. The molecule has 0 spiro atoms. The third kappa shape index (κ3) is 4.06. The van der Waals surface area contributed by atoms with Gasteiger partial charge in [0.2, 0.25) is 0 Å². The maximum Gasteiger partial charge on any atom is 0.264 e. The predicted molar refractivity (Wildman–Crippen MR) is 102 cm³/mol. The molecule has 0 saturated heterocycles. The van der Waals surface area contributed by atoms with Crippen LogP contribution in [0.4, 0.5) is 10.1 Å². The molecule has 0 unspecified atom stereocenters. The molecular weight excluding hydrogens is 373 g/mol. The Morgan fingerprint density at radius 2 is 1.65 bits per heavy atom. The van der Waals surface area contributed by atoms with Gasteiger partial charge in [-0.05, 0) is 55.0 Å². The fourth-order valence-corrected chi connectivity index (χ4v) is 4.23. The van der Waals surface area contributed by atoms with Crippen LogP contribution in [-0.2, 0) is 16.6 Å². The second kappa shape index (κ2) is 7.48. The van der Waals surface area contributed by atoms with Crippen LogP contribution in [0.2, 0.25) is 5.02 Å². The van der Waals surface area contributed by atoms with Gasteiger partial charge in [0, 0.05) is 5.02 Å². The summed E-state index contributed by atoms with van der Waals surface area (Å²) < 4.78 is 41.3. The number of sulfonamides is 1. The van der Waals surface area contributed by atoms with E-state index in [4.69, 9.17) is 11.6 Å². The first kappa shape index (κ1) is 18.4. The number of rotatable bonds is 5. The average Bonchev–Trinajstić information content (AvgIpc) is 2.60. The minimum Gasteiger partial charge on any atom is -0.262 e. The van der Waals surface area contributed by atoms with Gasteiger partial charge in [0.25, 0.3) is 10.0 Å². The number of halogens is 2. The van der Waals surface area contributed by atoms with Crippen molar-refractivity contribution in [3.8, 4) is 0 Å². The molecule has 0 saturated carbocycles. The van der Waals surface area contributed by atoms with Gasteiger partial charge < -0.3 is 0 Å². The SMILES string of the molecule is Cc1cccc(CN(c2cccc(F)c2)S(=O)(=O)c2ccc(Cl)cc2)c1. The molecule has 0 aliphatic rings. The lowest BCUT2D eigenvalue weighted by molar-refractivity contribution is 0.590. The van der Waals surface area contributed by atoms with Crippen LogP contribution in [0, 0.1) is 12.7 Å². The fourth-order valence-electron chi connectivity index (χ4n) is 2.66. The standard InChI is InChI=1S/C20H17ClFNO2S/c1-15-4-2-5-16(12-15)14-23(19-7-3-6-18(22)13-19)26(24,25)20-10-8-17(21)9-11-20/h2-13H,14H2,1H3. The molecule has 0 radical (unpaired) electrons. The van der Waals surface area contributed by atoms with Gasteiger partial charge in [-0.2, -0.15) is 0 Å². The number of hydrogen-bond acceptors (Lipinski definition) is 2. The Morgan fingerprint density at radius 3 is 2.31 bits per heavy atom. The van der Waals surface area contributed by atoms with E-state index in [0.717, 1.165) is 11.1 Å². The summed E-state index contributed by atoms with van der Waals surface area (Å²) in [4.78, 5) is 0.0961. The van der Waals surface area contributed by atoms with E-state index in [-0.39, 0.29) is 17.1 Å². The predicted octanol–water partition coefficient (Wildman–Crippen LogP) is 5.18. The number of aryl methyl sites for hydroxylation is 1. The number of nitrogens with zero attached hydrogens (tertiary/aromatic N) is 1. The highest BCUT2D eigenvalue weighted by Crippen LogP contribution is 2.27. The van der Waals surface area contributed by atoms with E-state index in [9.17, 15) is 12.8 Å². The van der Waals surface area contributed by atoms with Crippen molar-refractivity contribution in [3.63, 3.8) is 0 Å². The third-order valence-corrected chi connectivity index (χ3v) is 5.95. The maximum absolute atomic E-state index is 13.7. The summed E-state index contributed by atoms with van der Waals surface area (Å²) in [6.45, 7) is 2.03. The lowest BCUT2D eigenvalue weighted by Crippen LogP contribution is -2.30. The highest BCUT2D eigenvalue weighted by molar-refractivity contribution is 7.92. The zero-order valence-corrected chi connectivity index (χ0v) is 15.6. The molecule has 3 nitrogen and oxygen atoms in total. The van der Waals surface area contributed by atoms with Crippen molar-refractivity contribution in [2.75, 3.05) is 4.31 Å². The van der Waals surface area contributed by atoms with Crippen LogP contribution < -0.4 is 4.31 Å². The molecule has 134 valence electrons. The van der Waals surface area contributed by atoms with Crippen LogP contribution in [0.1, 0.15) is 11.1 Å². The second-order valence-corrected chi connectivity index (χ2v) is 8.23. The molecule has 3 rings (SSSR count).